The van der Waals surface area contributed by atoms with E-state index in [1.807, 2.05) is 28.1 Å². The molecule has 0 rings (SSSR count). The molecule has 0 aliphatic rings. The number of hydrogen-bond acceptors (Lipinski definition) is 5. The van der Waals surface area contributed by atoms with Gasteiger partial charge in [0.05, 0.1) is 33.9 Å². The van der Waals surface area contributed by atoms with Crippen molar-refractivity contribution in [2.24, 2.45) is 0 Å². The summed E-state index contributed by atoms with van der Waals surface area (Å²) in [5.41, 5.74) is 0. The van der Waals surface area contributed by atoms with Crippen molar-refractivity contribution >= 4 is 13.7 Å². The van der Waals surface area contributed by atoms with E-state index < -0.39 is 13.9 Å². The van der Waals surface area contributed by atoms with Crippen LogP contribution >= 0.6 is 7.82 Å². The molecule has 0 aromatic heterocycles. The van der Waals surface area contributed by atoms with Crippen molar-refractivity contribution in [3.63, 3.8) is 0 Å². The fourth-order valence-corrected chi connectivity index (χ4v) is 3.70. The third kappa shape index (κ3) is 21.1. The molecule has 2 unspecified atom stereocenters. The second-order valence-electron chi connectivity index (χ2n) is 9.07. The van der Waals surface area contributed by atoms with Gasteiger partial charge >= 0.3 is 7.82 Å². The largest absolute Gasteiger partial charge is 0.472 e. The number of phosphoric ester groups is 1. The molecule has 0 saturated heterocycles. The van der Waals surface area contributed by atoms with E-state index in [1.54, 1.807) is 0 Å². The maximum atomic E-state index is 12.1. The molecule has 31 heavy (non-hydrogen) atoms. The van der Waals surface area contributed by atoms with E-state index in [0.717, 1.165) is 12.8 Å². The first-order valence-corrected chi connectivity index (χ1v) is 13.4. The Bertz CT molecular complexity index is 499. The third-order valence-electron chi connectivity index (χ3n) is 4.88. The Labute approximate surface area is 190 Å². The predicted molar refractivity (Wildman–Crippen MR) is 125 cm³/mol. The molecule has 8 nitrogen and oxygen atoms in total. The number of hydrogen-bond donors (Lipinski definition) is 2. The Kier molecular flexibility index (Phi) is 17.7. The number of rotatable bonds is 21. The monoisotopic (exact) mass is 467 g/mol. The molecule has 0 heterocycles. The fraction of sp³-hybridized carbons (Fsp3) is 0.955. The molecule has 0 spiro atoms. The summed E-state index contributed by atoms with van der Waals surface area (Å²) in [6.07, 6.45) is 10.9. The third-order valence-corrected chi connectivity index (χ3v) is 5.86. The van der Waals surface area contributed by atoms with Gasteiger partial charge in [-0.2, -0.15) is 0 Å². The highest BCUT2D eigenvalue weighted by Gasteiger charge is 2.25. The van der Waals surface area contributed by atoms with Crippen molar-refractivity contribution in [3.05, 3.63) is 0 Å². The molecule has 1 amide bonds. The Morgan fingerprint density at radius 2 is 1.55 bits per heavy atom. The zero-order valence-electron chi connectivity index (χ0n) is 20.6. The van der Waals surface area contributed by atoms with Crippen molar-refractivity contribution in [3.8, 4) is 0 Å². The highest BCUT2D eigenvalue weighted by molar-refractivity contribution is 7.47. The van der Waals surface area contributed by atoms with Gasteiger partial charge in [0.1, 0.15) is 13.2 Å². The lowest BCUT2D eigenvalue weighted by Crippen LogP contribution is -2.37. The Morgan fingerprint density at radius 3 is 2.10 bits per heavy atom. The lowest BCUT2D eigenvalue weighted by molar-refractivity contribution is -0.870. The minimum absolute atomic E-state index is 0.0287. The predicted octanol–water partition coefficient (Wildman–Crippen LogP) is 4.27. The number of nitrogens with zero attached hydrogens (tertiary/aromatic N) is 1. The topological polar surface area (TPSA) is 94.1 Å². The zero-order valence-corrected chi connectivity index (χ0v) is 21.5. The van der Waals surface area contributed by atoms with E-state index in [0.29, 0.717) is 24.1 Å². The average Bonchev–Trinajstić information content (AvgIpc) is 2.67. The number of phosphoric acid groups is 1. The van der Waals surface area contributed by atoms with Crippen LogP contribution in [0.5, 0.6) is 0 Å². The standard InChI is InChI=1S/C22H47N2O6P/c1-6-8-9-10-11-12-13-14-15-16-22(25)23-19-21(28-7-2)20-30-31(26,27)29-18-17-24(3,4)5/h21H,6-20H2,1-5H3,(H-,23,25,26,27)/p+1. The fourth-order valence-electron chi connectivity index (χ4n) is 2.96. The molecule has 0 fully saturated rings. The van der Waals surface area contributed by atoms with Crippen LogP contribution in [0.3, 0.4) is 0 Å². The molecule has 186 valence electrons. The van der Waals surface area contributed by atoms with E-state index in [1.165, 1.54) is 44.9 Å². The van der Waals surface area contributed by atoms with Gasteiger partial charge in [-0.1, -0.05) is 58.3 Å². The number of amides is 1. The highest BCUT2D eigenvalue weighted by Crippen LogP contribution is 2.43. The maximum absolute atomic E-state index is 12.1. The molecule has 9 heteroatoms. The molecule has 2 atom stereocenters. The summed E-state index contributed by atoms with van der Waals surface area (Å²) in [5.74, 6) is -0.0287. The first-order valence-electron chi connectivity index (χ1n) is 11.9. The van der Waals surface area contributed by atoms with E-state index in [4.69, 9.17) is 13.8 Å². The quantitative estimate of drug-likeness (QED) is 0.149. The van der Waals surface area contributed by atoms with Crippen LogP contribution in [0.2, 0.25) is 0 Å². The van der Waals surface area contributed by atoms with E-state index >= 15 is 0 Å². The van der Waals surface area contributed by atoms with Crippen molar-refractivity contribution in [1.29, 1.82) is 0 Å². The molecule has 0 aliphatic carbocycles. The van der Waals surface area contributed by atoms with Gasteiger partial charge in [-0.3, -0.25) is 13.8 Å². The van der Waals surface area contributed by atoms with Crippen LogP contribution in [-0.2, 0) is 23.1 Å². The summed E-state index contributed by atoms with van der Waals surface area (Å²) < 4.78 is 28.2. The second-order valence-corrected chi connectivity index (χ2v) is 10.5. The highest BCUT2D eigenvalue weighted by atomic mass is 31.2. The number of likely N-dealkylation sites (N-methyl/N-ethyl adjacent to an activating group) is 1. The number of carbonyl (C=O) groups is 1. The van der Waals surface area contributed by atoms with E-state index in [9.17, 15) is 14.3 Å². The van der Waals surface area contributed by atoms with Crippen LogP contribution in [0.4, 0.5) is 0 Å². The van der Waals surface area contributed by atoms with Crippen LogP contribution in [0.1, 0.15) is 78.1 Å². The zero-order chi connectivity index (χ0) is 23.6. The number of ether oxygens (including phenoxy) is 1. The van der Waals surface area contributed by atoms with Gasteiger partial charge in [0, 0.05) is 19.6 Å². The molecule has 0 aliphatic heterocycles. The van der Waals surface area contributed by atoms with Crippen molar-refractivity contribution in [2.45, 2.75) is 84.2 Å². The molecule has 2 N–H and O–H groups in total. The lowest BCUT2D eigenvalue weighted by Gasteiger charge is -2.24. The number of nitrogens with one attached hydrogen (secondary N) is 1. The average molecular weight is 468 g/mol. The molecule has 0 saturated carbocycles. The summed E-state index contributed by atoms with van der Waals surface area (Å²) in [6, 6.07) is 0. The molecular weight excluding hydrogens is 419 g/mol. The maximum Gasteiger partial charge on any atom is 0.472 e. The van der Waals surface area contributed by atoms with Gasteiger partial charge in [-0.05, 0) is 13.3 Å². The Hall–Kier alpha value is -0.500. The Balaban J connectivity index is 3.97. The SMILES string of the molecule is CCCCCCCCCCCC(=O)NCC(COP(=O)(O)OCC[N+](C)(C)C)OCC. The molecule has 0 aromatic carbocycles. The summed E-state index contributed by atoms with van der Waals surface area (Å²) >= 11 is 0. The van der Waals surface area contributed by atoms with Gasteiger partial charge in [0.2, 0.25) is 5.91 Å². The lowest BCUT2D eigenvalue weighted by atomic mass is 10.1. The van der Waals surface area contributed by atoms with Gasteiger partial charge in [-0.25, -0.2) is 4.57 Å². The number of quaternary nitrogens is 1. The number of unbranched alkanes of at least 4 members (excludes halogenated alkanes) is 8. The minimum Gasteiger partial charge on any atom is -0.374 e. The van der Waals surface area contributed by atoms with Gasteiger partial charge < -0.3 is 19.4 Å². The minimum atomic E-state index is -4.14. The summed E-state index contributed by atoms with van der Waals surface area (Å²) in [5, 5.41) is 2.83. The molecule has 0 bridgehead atoms. The van der Waals surface area contributed by atoms with Crippen LogP contribution < -0.4 is 5.32 Å². The number of carbonyl (C=O) groups excluding carboxylic acids is 1. The Morgan fingerprint density at radius 1 is 0.968 bits per heavy atom. The van der Waals surface area contributed by atoms with E-state index in [2.05, 4.69) is 12.2 Å². The molecular formula is C22H48N2O6P+. The van der Waals surface area contributed by atoms with Crippen molar-refractivity contribution in [2.75, 3.05) is 54.1 Å². The van der Waals surface area contributed by atoms with Crippen LogP contribution in [0, 0.1) is 0 Å². The van der Waals surface area contributed by atoms with Gasteiger partial charge in [0.25, 0.3) is 0 Å². The van der Waals surface area contributed by atoms with Gasteiger partial charge in [0.15, 0.2) is 0 Å². The van der Waals surface area contributed by atoms with Crippen molar-refractivity contribution < 1.29 is 32.5 Å². The van der Waals surface area contributed by atoms with Gasteiger partial charge in [-0.15, -0.1) is 0 Å². The first-order chi connectivity index (χ1) is 14.6. The van der Waals surface area contributed by atoms with E-state index in [-0.39, 0.29) is 25.7 Å². The summed E-state index contributed by atoms with van der Waals surface area (Å²) in [4.78, 5) is 21.9. The van der Waals surface area contributed by atoms with Crippen LogP contribution in [0.25, 0.3) is 0 Å². The van der Waals surface area contributed by atoms with Crippen LogP contribution in [0.15, 0.2) is 0 Å². The normalized spacial score (nSPS) is 14.9. The first kappa shape index (κ1) is 30.5. The smallest absolute Gasteiger partial charge is 0.374 e. The molecule has 0 radical (unpaired) electrons. The second kappa shape index (κ2) is 18.0. The van der Waals surface area contributed by atoms with Crippen LogP contribution in [-0.4, -0.2) is 75.4 Å². The summed E-state index contributed by atoms with van der Waals surface area (Å²) in [7, 11) is 1.76. The van der Waals surface area contributed by atoms with Crippen molar-refractivity contribution in [1.82, 2.24) is 5.32 Å². The molecule has 0 aromatic rings. The summed E-state index contributed by atoms with van der Waals surface area (Å²) in [6.45, 7) is 5.29.